The number of aromatic nitrogens is 2. The van der Waals surface area contributed by atoms with E-state index in [0.29, 0.717) is 24.5 Å². The van der Waals surface area contributed by atoms with E-state index in [2.05, 4.69) is 10.00 Å². The summed E-state index contributed by atoms with van der Waals surface area (Å²) in [5.74, 6) is 0.856. The van der Waals surface area contributed by atoms with Crippen LogP contribution in [0.5, 0.6) is 0 Å². The Bertz CT molecular complexity index is 611. The van der Waals surface area contributed by atoms with Gasteiger partial charge in [-0.2, -0.15) is 5.10 Å². The maximum Gasteiger partial charge on any atom is 0.276 e. The molecule has 112 valence electrons. The Balaban J connectivity index is 1.58. The summed E-state index contributed by atoms with van der Waals surface area (Å²) in [6.07, 6.45) is 3.33. The molecule has 1 amide bonds. The second kappa shape index (κ2) is 5.61. The highest BCUT2D eigenvalue weighted by Crippen LogP contribution is 2.14. The Labute approximate surface area is 122 Å². The molecule has 3 heterocycles. The van der Waals surface area contributed by atoms with E-state index in [9.17, 15) is 4.79 Å². The number of rotatable bonds is 3. The number of anilines is 1. The average Bonchev–Trinajstić information content (AvgIpc) is 3.08. The highest BCUT2D eigenvalue weighted by Gasteiger charge is 2.25. The fourth-order valence-electron chi connectivity index (χ4n) is 2.55. The molecule has 21 heavy (non-hydrogen) atoms. The molecule has 3 rings (SSSR count). The number of hydrogen-bond donors (Lipinski definition) is 1. The van der Waals surface area contributed by atoms with E-state index < -0.39 is 0 Å². The normalized spacial score (nSPS) is 16.3. The molecule has 0 atom stereocenters. The Morgan fingerprint density at radius 1 is 1.38 bits per heavy atom. The molecule has 0 radical (unpaired) electrons. The summed E-state index contributed by atoms with van der Waals surface area (Å²) in [6, 6.07) is 3.85. The van der Waals surface area contributed by atoms with Crippen LogP contribution in [0.1, 0.15) is 16.2 Å². The number of aryl methyl sites for hydroxylation is 1. The van der Waals surface area contributed by atoms with Crippen molar-refractivity contribution in [2.45, 2.75) is 6.54 Å². The molecule has 2 N–H and O–H groups in total. The molecule has 1 aliphatic rings. The van der Waals surface area contributed by atoms with Gasteiger partial charge in [-0.15, -0.1) is 0 Å². The van der Waals surface area contributed by atoms with Crippen LogP contribution in [-0.4, -0.2) is 51.7 Å². The van der Waals surface area contributed by atoms with E-state index >= 15 is 0 Å². The average molecular weight is 289 g/mol. The van der Waals surface area contributed by atoms with Gasteiger partial charge in [-0.1, -0.05) is 0 Å². The molecule has 2 aromatic rings. The van der Waals surface area contributed by atoms with Crippen molar-refractivity contribution in [2.75, 3.05) is 31.9 Å². The SMILES string of the molecule is Cn1cc(N)c(C(=O)N2CCN(Cc3ccco3)CC2)n1. The smallest absolute Gasteiger partial charge is 0.276 e. The molecule has 0 bridgehead atoms. The first-order valence-corrected chi connectivity index (χ1v) is 6.96. The van der Waals surface area contributed by atoms with Gasteiger partial charge in [0.25, 0.3) is 5.91 Å². The highest BCUT2D eigenvalue weighted by atomic mass is 16.3. The third-order valence-electron chi connectivity index (χ3n) is 3.68. The molecule has 1 aliphatic heterocycles. The summed E-state index contributed by atoms with van der Waals surface area (Å²) in [4.78, 5) is 16.5. The zero-order valence-electron chi connectivity index (χ0n) is 12.0. The second-order valence-corrected chi connectivity index (χ2v) is 5.25. The molecule has 7 heteroatoms. The number of piperazine rings is 1. The fraction of sp³-hybridized carbons (Fsp3) is 0.429. The topological polar surface area (TPSA) is 80.5 Å². The number of nitrogens with two attached hydrogens (primary N) is 1. The van der Waals surface area contributed by atoms with Gasteiger partial charge in [-0.05, 0) is 12.1 Å². The first-order valence-electron chi connectivity index (χ1n) is 6.96. The minimum Gasteiger partial charge on any atom is -0.468 e. The van der Waals surface area contributed by atoms with Gasteiger partial charge in [0.2, 0.25) is 0 Å². The van der Waals surface area contributed by atoms with Gasteiger partial charge in [0, 0.05) is 39.4 Å². The number of hydrogen-bond acceptors (Lipinski definition) is 5. The van der Waals surface area contributed by atoms with Gasteiger partial charge in [0.1, 0.15) is 5.76 Å². The van der Waals surface area contributed by atoms with Crippen molar-refractivity contribution in [3.63, 3.8) is 0 Å². The van der Waals surface area contributed by atoms with Crippen LogP contribution in [-0.2, 0) is 13.6 Å². The predicted molar refractivity (Wildman–Crippen MR) is 77.5 cm³/mol. The van der Waals surface area contributed by atoms with Crippen LogP contribution in [0, 0.1) is 0 Å². The fourth-order valence-corrected chi connectivity index (χ4v) is 2.55. The number of nitrogens with zero attached hydrogens (tertiary/aromatic N) is 4. The quantitative estimate of drug-likeness (QED) is 0.892. The van der Waals surface area contributed by atoms with Crippen LogP contribution < -0.4 is 5.73 Å². The molecule has 2 aromatic heterocycles. The van der Waals surface area contributed by atoms with E-state index in [0.717, 1.165) is 25.4 Å². The highest BCUT2D eigenvalue weighted by molar-refractivity contribution is 5.97. The molecule has 0 saturated carbocycles. The van der Waals surface area contributed by atoms with Crippen molar-refractivity contribution >= 4 is 11.6 Å². The van der Waals surface area contributed by atoms with Crippen molar-refractivity contribution in [3.05, 3.63) is 36.0 Å². The number of furan rings is 1. The minimum absolute atomic E-state index is 0.0919. The molecule has 1 fully saturated rings. The second-order valence-electron chi connectivity index (χ2n) is 5.25. The van der Waals surface area contributed by atoms with Gasteiger partial charge >= 0.3 is 0 Å². The molecule has 0 aliphatic carbocycles. The number of nitrogen functional groups attached to an aromatic ring is 1. The van der Waals surface area contributed by atoms with E-state index in [1.54, 1.807) is 29.1 Å². The molecule has 0 aromatic carbocycles. The van der Waals surface area contributed by atoms with Crippen LogP contribution in [0.4, 0.5) is 5.69 Å². The maximum absolute atomic E-state index is 12.4. The van der Waals surface area contributed by atoms with Crippen LogP contribution >= 0.6 is 0 Å². The lowest BCUT2D eigenvalue weighted by atomic mass is 10.2. The molecule has 7 nitrogen and oxygen atoms in total. The Morgan fingerprint density at radius 3 is 2.71 bits per heavy atom. The Morgan fingerprint density at radius 2 is 2.14 bits per heavy atom. The van der Waals surface area contributed by atoms with E-state index in [1.807, 2.05) is 12.1 Å². The molecular weight excluding hydrogens is 270 g/mol. The number of carbonyl (C=O) groups excluding carboxylic acids is 1. The van der Waals surface area contributed by atoms with Crippen molar-refractivity contribution in [3.8, 4) is 0 Å². The van der Waals surface area contributed by atoms with Crippen molar-refractivity contribution in [1.29, 1.82) is 0 Å². The van der Waals surface area contributed by atoms with Crippen LogP contribution in [0.15, 0.2) is 29.0 Å². The number of amides is 1. The minimum atomic E-state index is -0.0919. The van der Waals surface area contributed by atoms with Gasteiger partial charge in [-0.3, -0.25) is 14.4 Å². The Kier molecular flexibility index (Phi) is 3.66. The molecule has 1 saturated heterocycles. The zero-order valence-corrected chi connectivity index (χ0v) is 12.0. The lowest BCUT2D eigenvalue weighted by molar-refractivity contribution is 0.0615. The van der Waals surface area contributed by atoms with Crippen molar-refractivity contribution in [2.24, 2.45) is 7.05 Å². The lowest BCUT2D eigenvalue weighted by Gasteiger charge is -2.33. The van der Waals surface area contributed by atoms with E-state index in [-0.39, 0.29) is 5.91 Å². The maximum atomic E-state index is 12.4. The molecule has 0 unspecified atom stereocenters. The summed E-state index contributed by atoms with van der Waals surface area (Å²) in [6.45, 7) is 3.77. The predicted octanol–water partition coefficient (Wildman–Crippen LogP) is 0.553. The van der Waals surface area contributed by atoms with Gasteiger partial charge in [0.15, 0.2) is 5.69 Å². The third kappa shape index (κ3) is 2.92. The monoisotopic (exact) mass is 289 g/mol. The summed E-state index contributed by atoms with van der Waals surface area (Å²) >= 11 is 0. The van der Waals surface area contributed by atoms with Gasteiger partial charge < -0.3 is 15.1 Å². The van der Waals surface area contributed by atoms with Crippen molar-refractivity contribution < 1.29 is 9.21 Å². The summed E-state index contributed by atoms with van der Waals surface area (Å²) in [5.41, 5.74) is 6.59. The first-order chi connectivity index (χ1) is 10.1. The summed E-state index contributed by atoms with van der Waals surface area (Å²) in [7, 11) is 1.76. The van der Waals surface area contributed by atoms with E-state index in [1.165, 1.54) is 0 Å². The van der Waals surface area contributed by atoms with Crippen LogP contribution in [0.25, 0.3) is 0 Å². The standard InChI is InChI=1S/C14H19N5O2/c1-17-10-12(15)13(16-17)14(20)19-6-4-18(5-7-19)9-11-3-2-8-21-11/h2-3,8,10H,4-7,9,15H2,1H3. The summed E-state index contributed by atoms with van der Waals surface area (Å²) in [5, 5.41) is 4.14. The third-order valence-corrected chi connectivity index (χ3v) is 3.68. The lowest BCUT2D eigenvalue weighted by Crippen LogP contribution is -2.48. The first kappa shape index (κ1) is 13.7. The largest absolute Gasteiger partial charge is 0.468 e. The molecular formula is C14H19N5O2. The summed E-state index contributed by atoms with van der Waals surface area (Å²) < 4.78 is 6.91. The van der Waals surface area contributed by atoms with Crippen LogP contribution in [0.2, 0.25) is 0 Å². The van der Waals surface area contributed by atoms with Crippen LogP contribution in [0.3, 0.4) is 0 Å². The number of carbonyl (C=O) groups is 1. The van der Waals surface area contributed by atoms with Crippen molar-refractivity contribution in [1.82, 2.24) is 19.6 Å². The van der Waals surface area contributed by atoms with E-state index in [4.69, 9.17) is 10.2 Å². The zero-order chi connectivity index (χ0) is 14.8. The Hall–Kier alpha value is -2.28. The van der Waals surface area contributed by atoms with Gasteiger partial charge in [0.05, 0.1) is 18.5 Å². The molecule has 0 spiro atoms. The van der Waals surface area contributed by atoms with Gasteiger partial charge in [-0.25, -0.2) is 0 Å².